The van der Waals surface area contributed by atoms with Crippen LogP contribution >= 0.6 is 0 Å². The third-order valence-electron chi connectivity index (χ3n) is 3.89. The number of nitrogens with zero attached hydrogens (tertiary/aromatic N) is 2. The van der Waals surface area contributed by atoms with Gasteiger partial charge in [0, 0.05) is 24.0 Å². The molecule has 142 valence electrons. The number of aromatic amines is 1. The number of carbonyl (C=O) groups is 1. The van der Waals surface area contributed by atoms with Crippen LogP contribution in [0.25, 0.3) is 10.9 Å². The Morgan fingerprint density at radius 1 is 1.26 bits per heavy atom. The maximum atomic E-state index is 12.1. The maximum Gasteiger partial charge on any atom is 0.274 e. The van der Waals surface area contributed by atoms with E-state index in [-0.39, 0.29) is 11.9 Å². The second kappa shape index (κ2) is 7.96. The van der Waals surface area contributed by atoms with E-state index in [4.69, 9.17) is 14.9 Å². The first-order valence-corrected chi connectivity index (χ1v) is 8.46. The van der Waals surface area contributed by atoms with E-state index in [1.165, 1.54) is 7.05 Å². The summed E-state index contributed by atoms with van der Waals surface area (Å²) in [7, 11) is 5.48. The van der Waals surface area contributed by atoms with Crippen molar-refractivity contribution in [2.24, 2.45) is 10.7 Å². The van der Waals surface area contributed by atoms with Crippen LogP contribution in [0.4, 0.5) is 0 Å². The van der Waals surface area contributed by atoms with Gasteiger partial charge in [-0.1, -0.05) is 0 Å². The Kier molecular flexibility index (Phi) is 5.46. The molecule has 1 amide bonds. The number of ether oxygens (including phenoxy) is 1. The van der Waals surface area contributed by atoms with Gasteiger partial charge in [0.1, 0.15) is 29.6 Å². The Labute approximate surface area is 157 Å². The van der Waals surface area contributed by atoms with E-state index >= 15 is 0 Å². The first-order chi connectivity index (χ1) is 12.9. The second-order valence-corrected chi connectivity index (χ2v) is 6.39. The molecule has 0 aliphatic heterocycles. The van der Waals surface area contributed by atoms with Crippen LogP contribution in [-0.2, 0) is 13.2 Å². The molecule has 3 aromatic rings. The summed E-state index contributed by atoms with van der Waals surface area (Å²) in [5.41, 5.74) is 6.71. The fraction of sp³-hybridized carbons (Fsp3) is 0.263. The van der Waals surface area contributed by atoms with Crippen molar-refractivity contribution in [2.75, 3.05) is 21.1 Å². The van der Waals surface area contributed by atoms with Crippen molar-refractivity contribution in [3.8, 4) is 5.75 Å². The smallest absolute Gasteiger partial charge is 0.274 e. The summed E-state index contributed by atoms with van der Waals surface area (Å²) in [5, 5.41) is 3.39. The number of hydrogen-bond acceptors (Lipinski definition) is 5. The number of H-pyrrole nitrogens is 1. The number of rotatable bonds is 6. The van der Waals surface area contributed by atoms with Gasteiger partial charge in [0.2, 0.25) is 0 Å². The number of fused-ring (bicyclic) bond motifs is 1. The summed E-state index contributed by atoms with van der Waals surface area (Å²) < 4.78 is 11.5. The van der Waals surface area contributed by atoms with Crippen LogP contribution in [0.1, 0.15) is 22.0 Å². The molecule has 2 heterocycles. The Morgan fingerprint density at radius 3 is 2.78 bits per heavy atom. The largest absolute Gasteiger partial charge is 0.486 e. The van der Waals surface area contributed by atoms with Crippen LogP contribution in [0, 0.1) is 0 Å². The fourth-order valence-electron chi connectivity index (χ4n) is 2.61. The number of nitrogens with one attached hydrogen (secondary N) is 2. The molecule has 8 nitrogen and oxygen atoms in total. The van der Waals surface area contributed by atoms with Gasteiger partial charge in [-0.2, -0.15) is 0 Å². The average Bonchev–Trinajstić information content (AvgIpc) is 3.25. The molecule has 2 aromatic heterocycles. The van der Waals surface area contributed by atoms with Gasteiger partial charge in [-0.3, -0.25) is 15.1 Å². The van der Waals surface area contributed by atoms with Gasteiger partial charge in [-0.25, -0.2) is 0 Å². The van der Waals surface area contributed by atoms with Crippen LogP contribution in [0.3, 0.4) is 0 Å². The summed E-state index contributed by atoms with van der Waals surface area (Å²) in [6, 6.07) is 11.2. The van der Waals surface area contributed by atoms with Crippen molar-refractivity contribution in [1.82, 2.24) is 15.2 Å². The minimum absolute atomic E-state index is 0.0646. The summed E-state index contributed by atoms with van der Waals surface area (Å²) in [6.45, 7) is 1.07. The average molecular weight is 369 g/mol. The second-order valence-electron chi connectivity index (χ2n) is 6.39. The van der Waals surface area contributed by atoms with Gasteiger partial charge in [0.05, 0.1) is 6.54 Å². The minimum Gasteiger partial charge on any atom is -0.486 e. The van der Waals surface area contributed by atoms with Crippen molar-refractivity contribution in [1.29, 1.82) is 0 Å². The number of aromatic nitrogens is 1. The molecule has 0 fully saturated rings. The Bertz CT molecular complexity index is 971. The highest BCUT2D eigenvalue weighted by Gasteiger charge is 2.11. The SMILES string of the molecule is CN=C(N)NC(=O)c1cc2ccc(OCc3ccc(CN(C)C)o3)cc2[nH]1. The summed E-state index contributed by atoms with van der Waals surface area (Å²) >= 11 is 0. The molecular formula is C19H23N5O3. The number of guanidine groups is 1. The zero-order chi connectivity index (χ0) is 19.4. The lowest BCUT2D eigenvalue weighted by atomic mass is 10.2. The van der Waals surface area contributed by atoms with E-state index in [1.54, 1.807) is 6.07 Å². The van der Waals surface area contributed by atoms with E-state index in [9.17, 15) is 4.79 Å². The molecule has 8 heteroatoms. The first-order valence-electron chi connectivity index (χ1n) is 8.46. The third-order valence-corrected chi connectivity index (χ3v) is 3.89. The molecule has 27 heavy (non-hydrogen) atoms. The summed E-state index contributed by atoms with van der Waals surface area (Å²) in [6.07, 6.45) is 0. The van der Waals surface area contributed by atoms with Crippen molar-refractivity contribution in [2.45, 2.75) is 13.2 Å². The molecule has 0 spiro atoms. The summed E-state index contributed by atoms with van der Waals surface area (Å²) in [5.74, 6) is 2.05. The van der Waals surface area contributed by atoms with Crippen LogP contribution < -0.4 is 15.8 Å². The number of hydrogen-bond donors (Lipinski definition) is 3. The zero-order valence-corrected chi connectivity index (χ0v) is 15.6. The monoisotopic (exact) mass is 369 g/mol. The van der Waals surface area contributed by atoms with Crippen molar-refractivity contribution >= 4 is 22.8 Å². The predicted octanol–water partition coefficient (Wildman–Crippen LogP) is 2.08. The number of carbonyl (C=O) groups excluding carboxylic acids is 1. The molecule has 0 bridgehead atoms. The van der Waals surface area contributed by atoms with Crippen LogP contribution in [0.2, 0.25) is 0 Å². The Morgan fingerprint density at radius 2 is 2.04 bits per heavy atom. The van der Waals surface area contributed by atoms with Gasteiger partial charge in [-0.15, -0.1) is 0 Å². The molecule has 0 unspecified atom stereocenters. The fourth-order valence-corrected chi connectivity index (χ4v) is 2.61. The van der Waals surface area contributed by atoms with Gasteiger partial charge in [0.15, 0.2) is 5.96 Å². The van der Waals surface area contributed by atoms with Crippen LogP contribution in [0.5, 0.6) is 5.75 Å². The Hall–Kier alpha value is -3.26. The van der Waals surface area contributed by atoms with E-state index in [2.05, 4.69) is 15.3 Å². The molecule has 3 rings (SSSR count). The third kappa shape index (κ3) is 4.68. The highest BCUT2D eigenvalue weighted by molar-refractivity contribution is 6.06. The number of aliphatic imine (C=N–C) groups is 1. The normalized spacial score (nSPS) is 11.9. The quantitative estimate of drug-likeness (QED) is 0.455. The van der Waals surface area contributed by atoms with Gasteiger partial charge < -0.3 is 24.8 Å². The number of furan rings is 1. The van der Waals surface area contributed by atoms with E-state index in [1.807, 2.05) is 49.3 Å². The first kappa shape index (κ1) is 18.5. The lowest BCUT2D eigenvalue weighted by Crippen LogP contribution is -2.36. The van der Waals surface area contributed by atoms with E-state index in [0.29, 0.717) is 18.1 Å². The molecule has 0 saturated carbocycles. The predicted molar refractivity (Wildman–Crippen MR) is 104 cm³/mol. The number of amides is 1. The van der Waals surface area contributed by atoms with E-state index in [0.717, 1.165) is 29.0 Å². The van der Waals surface area contributed by atoms with Crippen molar-refractivity contribution < 1.29 is 13.9 Å². The molecule has 0 atom stereocenters. The molecule has 0 saturated heterocycles. The molecule has 1 aromatic carbocycles. The van der Waals surface area contributed by atoms with Crippen molar-refractivity contribution in [3.05, 3.63) is 53.6 Å². The molecule has 4 N–H and O–H groups in total. The topological polar surface area (TPSA) is 109 Å². The van der Waals surface area contributed by atoms with Crippen LogP contribution in [0.15, 0.2) is 45.8 Å². The maximum absolute atomic E-state index is 12.1. The number of benzene rings is 1. The highest BCUT2D eigenvalue weighted by atomic mass is 16.5. The molecule has 0 radical (unpaired) electrons. The molecule has 0 aliphatic rings. The minimum atomic E-state index is -0.347. The standard InChI is InChI=1S/C19H23N5O3/c1-21-19(20)23-18(25)17-8-12-4-5-13(9-16(12)22-17)26-11-15-7-6-14(27-15)10-24(2)3/h4-9,22H,10-11H2,1-3H3,(H3,20,21,23,25). The van der Waals surface area contributed by atoms with Gasteiger partial charge >= 0.3 is 0 Å². The number of nitrogens with two attached hydrogens (primary N) is 1. The van der Waals surface area contributed by atoms with Gasteiger partial charge in [-0.05, 0) is 44.4 Å². The lowest BCUT2D eigenvalue weighted by Gasteiger charge is -2.06. The van der Waals surface area contributed by atoms with Gasteiger partial charge in [0.25, 0.3) is 5.91 Å². The summed E-state index contributed by atoms with van der Waals surface area (Å²) in [4.78, 5) is 20.9. The van der Waals surface area contributed by atoms with Crippen molar-refractivity contribution in [3.63, 3.8) is 0 Å². The molecule has 0 aliphatic carbocycles. The van der Waals surface area contributed by atoms with E-state index < -0.39 is 0 Å². The highest BCUT2D eigenvalue weighted by Crippen LogP contribution is 2.22. The molecular weight excluding hydrogens is 346 g/mol. The zero-order valence-electron chi connectivity index (χ0n) is 15.6. The lowest BCUT2D eigenvalue weighted by molar-refractivity contribution is 0.0972. The Balaban J connectivity index is 1.67. The van der Waals surface area contributed by atoms with Crippen LogP contribution in [-0.4, -0.2) is 42.9 Å².